The van der Waals surface area contributed by atoms with Gasteiger partial charge in [0.1, 0.15) is 6.10 Å². The predicted molar refractivity (Wildman–Crippen MR) is 274 cm³/mol. The molecule has 4 atom stereocenters. The van der Waals surface area contributed by atoms with Crippen molar-refractivity contribution in [1.29, 1.82) is 0 Å². The minimum absolute atomic E-state index is 0.125. The van der Waals surface area contributed by atoms with E-state index >= 15 is 0 Å². The molecule has 0 aromatic rings. The van der Waals surface area contributed by atoms with E-state index in [1.54, 1.807) is 0 Å². The van der Waals surface area contributed by atoms with Gasteiger partial charge < -0.3 is 39.6 Å². The minimum atomic E-state index is -2.91. The van der Waals surface area contributed by atoms with Crippen molar-refractivity contribution < 1.29 is 39.6 Å². The van der Waals surface area contributed by atoms with Crippen LogP contribution in [0.1, 0.15) is 117 Å². The summed E-state index contributed by atoms with van der Waals surface area (Å²) in [7, 11) is -18.5. The van der Waals surface area contributed by atoms with E-state index in [0.29, 0.717) is 6.61 Å². The first kappa shape index (κ1) is 60.4. The zero-order valence-electron chi connectivity index (χ0n) is 42.3. The molecule has 2 N–H and O–H groups in total. The summed E-state index contributed by atoms with van der Waals surface area (Å²) in [4.78, 5) is 0. The smallest absolute Gasteiger partial charge is 0.317 e. The standard InChI is InChI=1S/C42H102O9Si8/c1-18-20-22-23-24-25-26-27-28-29-30-31-37-58(16,49-56(13,14)46-52(3,4)5)51-59(17,39-33-36-55(11,12)48-54(9,10)35-21-19-2)50-57(15,47-53(6,7)8)38-32-34-45-41-42(44)40-43/h42-44H,18-41H2,1-17H3. The molecular weight excluding hydrogens is 873 g/mol. The lowest BCUT2D eigenvalue weighted by molar-refractivity contribution is 0.00623. The normalized spacial score (nSPS) is 17.1. The van der Waals surface area contributed by atoms with Crippen LogP contribution < -0.4 is 0 Å². The van der Waals surface area contributed by atoms with Crippen LogP contribution in [-0.4, -0.2) is 104 Å². The monoisotopic (exact) mass is 975 g/mol. The fourth-order valence-electron chi connectivity index (χ4n) is 8.55. The number of ether oxygens (including phenoxy) is 1. The molecule has 0 aromatic carbocycles. The van der Waals surface area contributed by atoms with Crippen LogP contribution in [0, 0.1) is 0 Å². The highest BCUT2D eigenvalue weighted by Gasteiger charge is 2.51. The highest BCUT2D eigenvalue weighted by Crippen LogP contribution is 2.36. The summed E-state index contributed by atoms with van der Waals surface area (Å²) in [6, 6.07) is 4.89. The highest BCUT2D eigenvalue weighted by molar-refractivity contribution is 6.92. The van der Waals surface area contributed by atoms with E-state index in [0.717, 1.165) is 43.4 Å². The molecule has 356 valence electrons. The van der Waals surface area contributed by atoms with Crippen molar-refractivity contribution in [3.05, 3.63) is 0 Å². The van der Waals surface area contributed by atoms with Gasteiger partial charge in [0.05, 0.1) is 13.2 Å². The fourth-order valence-corrected chi connectivity index (χ4v) is 47.6. The average Bonchev–Trinajstić information content (AvgIpc) is 3.04. The largest absolute Gasteiger partial charge is 0.455 e. The first-order valence-corrected chi connectivity index (χ1v) is 47.5. The van der Waals surface area contributed by atoms with Gasteiger partial charge >= 0.3 is 34.2 Å². The first-order valence-electron chi connectivity index (χ1n) is 24.1. The minimum Gasteiger partial charge on any atom is -0.455 e. The van der Waals surface area contributed by atoms with Crippen LogP contribution in [0.4, 0.5) is 0 Å². The number of aliphatic hydroxyl groups excluding tert-OH is 2. The van der Waals surface area contributed by atoms with Crippen LogP contribution in [0.5, 0.6) is 0 Å². The summed E-state index contributed by atoms with van der Waals surface area (Å²) in [5.74, 6) is 0. The van der Waals surface area contributed by atoms with Crippen molar-refractivity contribution >= 4 is 67.5 Å². The molecule has 59 heavy (non-hydrogen) atoms. The second-order valence-electron chi connectivity index (χ2n) is 21.8. The van der Waals surface area contributed by atoms with Crippen molar-refractivity contribution in [3.8, 4) is 0 Å². The molecule has 0 heterocycles. The molecule has 0 aliphatic carbocycles. The molecule has 0 aliphatic rings. The topological polar surface area (TPSA) is 105 Å². The zero-order chi connectivity index (χ0) is 45.5. The zero-order valence-corrected chi connectivity index (χ0v) is 50.3. The Morgan fingerprint density at radius 2 is 0.780 bits per heavy atom. The van der Waals surface area contributed by atoms with Crippen LogP contribution in [0.3, 0.4) is 0 Å². The van der Waals surface area contributed by atoms with E-state index in [1.807, 2.05) is 0 Å². The van der Waals surface area contributed by atoms with E-state index in [4.69, 9.17) is 29.4 Å². The van der Waals surface area contributed by atoms with Gasteiger partial charge in [0, 0.05) is 6.61 Å². The van der Waals surface area contributed by atoms with Crippen molar-refractivity contribution in [2.24, 2.45) is 0 Å². The van der Waals surface area contributed by atoms with Gasteiger partial charge in [-0.2, -0.15) is 0 Å². The second kappa shape index (κ2) is 29.1. The van der Waals surface area contributed by atoms with Gasteiger partial charge in [-0.15, -0.1) is 0 Å². The molecule has 0 bridgehead atoms. The van der Waals surface area contributed by atoms with Crippen LogP contribution in [0.25, 0.3) is 0 Å². The molecule has 0 aromatic heterocycles. The van der Waals surface area contributed by atoms with E-state index in [9.17, 15) is 10.2 Å². The van der Waals surface area contributed by atoms with Crippen LogP contribution in [0.15, 0.2) is 0 Å². The number of hydrogen-bond donors (Lipinski definition) is 2. The molecule has 0 fully saturated rings. The van der Waals surface area contributed by atoms with E-state index in [2.05, 4.69) is 112 Å². The molecule has 0 saturated heterocycles. The third-order valence-electron chi connectivity index (χ3n) is 10.4. The Hall–Kier alpha value is 1.38. The van der Waals surface area contributed by atoms with E-state index < -0.39 is 73.6 Å². The molecule has 0 amide bonds. The number of unbranched alkanes of at least 4 members (excludes halogenated alkanes) is 12. The third-order valence-corrected chi connectivity index (χ3v) is 40.9. The molecule has 4 unspecified atom stereocenters. The van der Waals surface area contributed by atoms with Gasteiger partial charge in [-0.1, -0.05) is 110 Å². The Morgan fingerprint density at radius 3 is 1.24 bits per heavy atom. The average molecular weight is 976 g/mol. The highest BCUT2D eigenvalue weighted by atomic mass is 28.5. The number of aliphatic hydroxyl groups is 2. The molecule has 0 radical (unpaired) electrons. The van der Waals surface area contributed by atoms with Crippen molar-refractivity contribution in [2.45, 2.75) is 251 Å². The van der Waals surface area contributed by atoms with Gasteiger partial charge in [-0.25, -0.2) is 0 Å². The predicted octanol–water partition coefficient (Wildman–Crippen LogP) is 13.7. The van der Waals surface area contributed by atoms with Crippen LogP contribution in [-0.2, 0) is 29.4 Å². The summed E-state index contributed by atoms with van der Waals surface area (Å²) in [5, 5.41) is 19.1. The Labute approximate surface area is 376 Å². The molecular formula is C42H102O9Si8. The molecule has 9 nitrogen and oxygen atoms in total. The van der Waals surface area contributed by atoms with Gasteiger partial charge in [0.15, 0.2) is 33.3 Å². The van der Waals surface area contributed by atoms with Crippen molar-refractivity contribution in [3.63, 3.8) is 0 Å². The SMILES string of the molecule is CCCCCCCCCCCCCC[Si](C)(O[Si](C)(C)O[Si](C)(C)C)O[Si](C)(CCC[Si](C)(C)O[Si](C)(C)CCCC)O[Si](C)(CCCOCC(O)CO)O[Si](C)(C)C. The summed E-state index contributed by atoms with van der Waals surface area (Å²) in [5.41, 5.74) is 0. The lowest BCUT2D eigenvalue weighted by Crippen LogP contribution is -2.62. The number of hydrogen-bond acceptors (Lipinski definition) is 9. The maximum atomic E-state index is 9.84. The molecule has 0 rings (SSSR count). The Morgan fingerprint density at radius 1 is 0.390 bits per heavy atom. The lowest BCUT2D eigenvalue weighted by atomic mass is 10.1. The molecule has 0 saturated carbocycles. The quantitative estimate of drug-likeness (QED) is 0.0460. The molecule has 17 heteroatoms. The first-order chi connectivity index (χ1) is 27.0. The summed E-state index contributed by atoms with van der Waals surface area (Å²) >= 11 is 0. The van der Waals surface area contributed by atoms with Crippen LogP contribution >= 0.6 is 0 Å². The summed E-state index contributed by atoms with van der Waals surface area (Å²) in [6.45, 7) is 39.3. The van der Waals surface area contributed by atoms with Crippen LogP contribution in [0.2, 0.25) is 128 Å². The maximum Gasteiger partial charge on any atom is 0.317 e. The Kier molecular flexibility index (Phi) is 29.8. The maximum absolute atomic E-state index is 9.84. The lowest BCUT2D eigenvalue weighted by Gasteiger charge is -2.46. The van der Waals surface area contributed by atoms with Crippen molar-refractivity contribution in [2.75, 3.05) is 19.8 Å². The van der Waals surface area contributed by atoms with Gasteiger partial charge in [-0.05, 0) is 135 Å². The fraction of sp³-hybridized carbons (Fsp3) is 1.00. The Bertz CT molecular complexity index is 1080. The summed E-state index contributed by atoms with van der Waals surface area (Å²) < 4.78 is 49.4. The molecule has 0 aliphatic heterocycles. The van der Waals surface area contributed by atoms with Gasteiger partial charge in [0.2, 0.25) is 0 Å². The van der Waals surface area contributed by atoms with Gasteiger partial charge in [-0.3, -0.25) is 0 Å². The van der Waals surface area contributed by atoms with E-state index in [-0.39, 0.29) is 13.2 Å². The van der Waals surface area contributed by atoms with Gasteiger partial charge in [0.25, 0.3) is 0 Å². The number of rotatable bonds is 39. The molecule has 0 spiro atoms. The third kappa shape index (κ3) is 33.5. The Balaban J connectivity index is 6.45. The second-order valence-corrected chi connectivity index (χ2v) is 54.3. The van der Waals surface area contributed by atoms with E-state index in [1.165, 1.54) is 89.5 Å². The summed E-state index contributed by atoms with van der Waals surface area (Å²) in [6.07, 6.45) is 19.2. The van der Waals surface area contributed by atoms with Crippen molar-refractivity contribution in [1.82, 2.24) is 0 Å².